The summed E-state index contributed by atoms with van der Waals surface area (Å²) >= 11 is 1.40. The number of amides is 1. The van der Waals surface area contributed by atoms with Crippen molar-refractivity contribution in [1.82, 2.24) is 9.62 Å². The molecule has 2 aromatic carbocycles. The minimum absolute atomic E-state index is 0.173. The van der Waals surface area contributed by atoms with E-state index < -0.39 is 38.4 Å². The molecule has 1 amide bonds. The van der Waals surface area contributed by atoms with E-state index in [2.05, 4.69) is 5.32 Å². The zero-order chi connectivity index (χ0) is 29.6. The van der Waals surface area contributed by atoms with Crippen molar-refractivity contribution in [3.05, 3.63) is 53.6 Å². The van der Waals surface area contributed by atoms with E-state index in [0.29, 0.717) is 51.3 Å². The first kappa shape index (κ1) is 31.2. The zero-order valence-corrected chi connectivity index (χ0v) is 24.3. The molecule has 2 aromatic rings. The molecule has 2 fully saturated rings. The van der Waals surface area contributed by atoms with Crippen LogP contribution in [0.1, 0.15) is 44.6 Å². The number of nitrogens with zero attached hydrogens (tertiary/aromatic N) is 2. The van der Waals surface area contributed by atoms with Gasteiger partial charge in [0.2, 0.25) is 0 Å². The van der Waals surface area contributed by atoms with Crippen LogP contribution in [0.5, 0.6) is 0 Å². The molecule has 2 atom stereocenters. The molecule has 8 nitrogen and oxygen atoms in total. The first-order valence-corrected chi connectivity index (χ1v) is 15.9. The molecule has 0 unspecified atom stereocenters. The number of anilines is 1. The van der Waals surface area contributed by atoms with Crippen LogP contribution in [-0.2, 0) is 19.6 Å². The number of sulfonamides is 1. The van der Waals surface area contributed by atoms with Gasteiger partial charge in [0.1, 0.15) is 29.5 Å². The third-order valence-corrected chi connectivity index (χ3v) is 9.73. The molecule has 222 valence electrons. The number of carbonyl (C=O) groups excluding carboxylic acids is 1. The molecule has 0 bridgehead atoms. The lowest BCUT2D eigenvalue weighted by atomic mass is 9.99. The van der Waals surface area contributed by atoms with Gasteiger partial charge in [-0.2, -0.15) is 5.26 Å². The normalized spacial score (nSPS) is 20.9. The highest BCUT2D eigenvalue weighted by Crippen LogP contribution is 2.29. The second-order valence-electron chi connectivity index (χ2n) is 10.5. The number of carbonyl (C=O) groups is 1. The summed E-state index contributed by atoms with van der Waals surface area (Å²) in [7, 11) is -4.51. The van der Waals surface area contributed by atoms with Crippen molar-refractivity contribution in [3.63, 3.8) is 0 Å². The monoisotopic (exact) mass is 610 g/mol. The number of alkyl halides is 1. The van der Waals surface area contributed by atoms with Gasteiger partial charge in [0.25, 0.3) is 15.9 Å². The van der Waals surface area contributed by atoms with E-state index >= 15 is 4.39 Å². The number of benzene rings is 2. The number of nitriles is 1. The van der Waals surface area contributed by atoms with Crippen LogP contribution in [0.4, 0.5) is 18.9 Å². The lowest BCUT2D eigenvalue weighted by Gasteiger charge is -2.35. The Kier molecular flexibility index (Phi) is 10.2. The molecule has 0 aliphatic carbocycles. The molecule has 0 radical (unpaired) electrons. The summed E-state index contributed by atoms with van der Waals surface area (Å²) < 4.78 is 75.7. The van der Waals surface area contributed by atoms with Gasteiger partial charge in [-0.1, -0.05) is 6.42 Å². The molecule has 0 saturated carbocycles. The third-order valence-electron chi connectivity index (χ3n) is 7.24. The Bertz CT molecular complexity index is 1370. The van der Waals surface area contributed by atoms with E-state index in [0.717, 1.165) is 29.9 Å². The topological polar surface area (TPSA) is 112 Å². The Balaban J connectivity index is 1.51. The van der Waals surface area contributed by atoms with Crippen LogP contribution < -0.4 is 10.0 Å². The van der Waals surface area contributed by atoms with E-state index in [-0.39, 0.29) is 23.1 Å². The minimum Gasteiger partial charge on any atom is -0.378 e. The average molecular weight is 611 g/mol. The van der Waals surface area contributed by atoms with Gasteiger partial charge in [-0.3, -0.25) is 9.69 Å². The molecule has 2 heterocycles. The number of hydrogen-bond acceptors (Lipinski definition) is 8. The summed E-state index contributed by atoms with van der Waals surface area (Å²) in [5.74, 6) is -1.78. The maximum absolute atomic E-state index is 15.4. The number of thioether (sulfide) groups is 1. The third kappa shape index (κ3) is 8.16. The first-order chi connectivity index (χ1) is 19.5. The van der Waals surface area contributed by atoms with Crippen molar-refractivity contribution in [3.8, 4) is 6.07 Å². The SMILES string of the molecule is C[C@]1(C(=O)NS(=O)(=O)c2cc(F)c(N[C@H](CCN3CC(F)C3)CSc3ccc(F)cc3)c(C#N)c2)CCCCCO1. The molecule has 2 aliphatic heterocycles. The van der Waals surface area contributed by atoms with Crippen molar-refractivity contribution >= 4 is 33.4 Å². The van der Waals surface area contributed by atoms with Crippen LogP contribution in [0.2, 0.25) is 0 Å². The largest absolute Gasteiger partial charge is 0.378 e. The summed E-state index contributed by atoms with van der Waals surface area (Å²) in [5, 5.41) is 12.8. The highest BCUT2D eigenvalue weighted by molar-refractivity contribution is 7.99. The van der Waals surface area contributed by atoms with Gasteiger partial charge in [0.05, 0.1) is 16.1 Å². The predicted octanol–water partition coefficient (Wildman–Crippen LogP) is 4.61. The molecule has 0 aromatic heterocycles. The summed E-state index contributed by atoms with van der Waals surface area (Å²) in [4.78, 5) is 15.0. The fourth-order valence-corrected chi connectivity index (χ4v) is 6.79. The fraction of sp³-hybridized carbons (Fsp3) is 0.500. The van der Waals surface area contributed by atoms with Crippen LogP contribution in [0, 0.1) is 23.0 Å². The number of likely N-dealkylation sites (tertiary alicyclic amines) is 1. The Hall–Kier alpha value is -2.79. The maximum Gasteiger partial charge on any atom is 0.265 e. The van der Waals surface area contributed by atoms with Crippen LogP contribution in [-0.4, -0.2) is 69.0 Å². The molecule has 0 spiro atoms. The van der Waals surface area contributed by atoms with E-state index in [1.165, 1.54) is 30.8 Å². The summed E-state index contributed by atoms with van der Waals surface area (Å²) in [6.07, 6.45) is 2.28. The van der Waals surface area contributed by atoms with Crippen LogP contribution in [0.25, 0.3) is 0 Å². The number of rotatable bonds is 11. The second kappa shape index (κ2) is 13.5. The van der Waals surface area contributed by atoms with Crippen LogP contribution >= 0.6 is 11.8 Å². The lowest BCUT2D eigenvalue weighted by Crippen LogP contribution is -2.49. The van der Waals surface area contributed by atoms with Crippen molar-refractivity contribution in [2.45, 2.75) is 66.6 Å². The highest BCUT2D eigenvalue weighted by Gasteiger charge is 2.38. The summed E-state index contributed by atoms with van der Waals surface area (Å²) in [6.45, 7) is 3.01. The Morgan fingerprint density at radius 1 is 1.22 bits per heavy atom. The van der Waals surface area contributed by atoms with Gasteiger partial charge in [0, 0.05) is 42.9 Å². The van der Waals surface area contributed by atoms with Crippen LogP contribution in [0.15, 0.2) is 46.2 Å². The molecular weight excluding hydrogens is 577 g/mol. The van der Waals surface area contributed by atoms with Gasteiger partial charge in [-0.15, -0.1) is 11.8 Å². The number of nitrogens with one attached hydrogen (secondary N) is 2. The summed E-state index contributed by atoms with van der Waals surface area (Å²) in [5.41, 5.74) is -1.76. The fourth-order valence-electron chi connectivity index (χ4n) is 4.71. The lowest BCUT2D eigenvalue weighted by molar-refractivity contribution is -0.142. The Morgan fingerprint density at radius 2 is 1.95 bits per heavy atom. The van der Waals surface area contributed by atoms with Crippen molar-refractivity contribution < 1.29 is 31.1 Å². The van der Waals surface area contributed by atoms with E-state index in [9.17, 15) is 27.3 Å². The van der Waals surface area contributed by atoms with Gasteiger partial charge < -0.3 is 10.1 Å². The zero-order valence-electron chi connectivity index (χ0n) is 22.7. The van der Waals surface area contributed by atoms with E-state index in [1.807, 2.05) is 15.7 Å². The van der Waals surface area contributed by atoms with Gasteiger partial charge in [0.15, 0.2) is 0 Å². The second-order valence-corrected chi connectivity index (χ2v) is 13.3. The molecule has 4 rings (SSSR count). The molecule has 2 N–H and O–H groups in total. The Morgan fingerprint density at radius 3 is 2.63 bits per heavy atom. The molecule has 2 saturated heterocycles. The van der Waals surface area contributed by atoms with Crippen molar-refractivity contribution in [2.75, 3.05) is 37.3 Å². The number of halogens is 3. The molecule has 41 heavy (non-hydrogen) atoms. The van der Waals surface area contributed by atoms with Gasteiger partial charge in [-0.05, 0) is 69.0 Å². The smallest absolute Gasteiger partial charge is 0.265 e. The molecular formula is C28H33F3N4O4S2. The molecule has 13 heteroatoms. The minimum atomic E-state index is -4.51. The van der Waals surface area contributed by atoms with Crippen molar-refractivity contribution in [1.29, 1.82) is 5.26 Å². The standard InChI is InChI=1S/C28H33F3N4O4S2/c1-28(10-3-2-4-12-39-28)27(36)34-41(37,38)24-13-19(15-32)26(25(31)14-24)33-22(9-11-35-16-21(30)17-35)18-40-23-7-5-20(29)6-8-23/h5-8,13-14,21-22,33H,2-4,9-12,16-18H2,1H3,(H,34,36)/t22-,28-/m1/s1. The first-order valence-electron chi connectivity index (χ1n) is 13.5. The van der Waals surface area contributed by atoms with Crippen molar-refractivity contribution in [2.24, 2.45) is 0 Å². The predicted molar refractivity (Wildman–Crippen MR) is 150 cm³/mol. The average Bonchev–Trinajstić information content (AvgIpc) is 3.15. The Labute approximate surface area is 242 Å². The van der Waals surface area contributed by atoms with Gasteiger partial charge >= 0.3 is 0 Å². The van der Waals surface area contributed by atoms with Crippen LogP contribution in [0.3, 0.4) is 0 Å². The number of hydrogen-bond donors (Lipinski definition) is 2. The van der Waals surface area contributed by atoms with E-state index in [4.69, 9.17) is 4.74 Å². The quantitative estimate of drug-likeness (QED) is 0.355. The molecule has 2 aliphatic rings. The van der Waals surface area contributed by atoms with Gasteiger partial charge in [-0.25, -0.2) is 26.3 Å². The number of ether oxygens (including phenoxy) is 1. The summed E-state index contributed by atoms with van der Waals surface area (Å²) in [6, 6.07) is 9.15. The van der Waals surface area contributed by atoms with E-state index in [1.54, 1.807) is 12.1 Å². The maximum atomic E-state index is 15.4. The highest BCUT2D eigenvalue weighted by atomic mass is 32.2.